The number of nitrogens with zero attached hydrogens (tertiary/aromatic N) is 1. The van der Waals surface area contributed by atoms with Crippen molar-refractivity contribution < 1.29 is 4.55 Å². The molecule has 2 aromatic rings. The van der Waals surface area contributed by atoms with Gasteiger partial charge in [-0.1, -0.05) is 31.9 Å². The van der Waals surface area contributed by atoms with E-state index in [2.05, 4.69) is 68.3 Å². The molecule has 0 bridgehead atoms. The minimum absolute atomic E-state index is 0.130. The zero-order valence-corrected chi connectivity index (χ0v) is 20.0. The topological polar surface area (TPSA) is 82.7 Å². The average molecular weight is 444 g/mol. The molecular formula is C27H29N3OS. The summed E-state index contributed by atoms with van der Waals surface area (Å²) in [5, 5.41) is 21.4. The van der Waals surface area contributed by atoms with Gasteiger partial charge in [0.2, 0.25) is 0 Å². The van der Waals surface area contributed by atoms with Crippen LogP contribution in [0.25, 0.3) is 11.1 Å². The minimum Gasteiger partial charge on any atom is -0.616 e. The fraction of sp³-hybridized carbons (Fsp3) is 0.407. The van der Waals surface area contributed by atoms with Crippen LogP contribution in [0, 0.1) is 35.5 Å². The van der Waals surface area contributed by atoms with Gasteiger partial charge in [-0.05, 0) is 83.4 Å². The van der Waals surface area contributed by atoms with Gasteiger partial charge in [0.05, 0.1) is 11.6 Å². The van der Waals surface area contributed by atoms with Crippen molar-refractivity contribution in [3.8, 4) is 29.0 Å². The van der Waals surface area contributed by atoms with Crippen LogP contribution in [-0.2, 0) is 11.2 Å². The number of nitrogens with one attached hydrogen (secondary N) is 2. The molecule has 32 heavy (non-hydrogen) atoms. The molecule has 2 aliphatic rings. The van der Waals surface area contributed by atoms with Crippen LogP contribution >= 0.6 is 0 Å². The summed E-state index contributed by atoms with van der Waals surface area (Å²) in [7, 11) is 0. The first kappa shape index (κ1) is 22.5. The molecule has 0 aromatic heterocycles. The smallest absolute Gasteiger partial charge is 0.182 e. The van der Waals surface area contributed by atoms with Crippen LogP contribution in [0.4, 0.5) is 0 Å². The van der Waals surface area contributed by atoms with Gasteiger partial charge < -0.3 is 9.87 Å². The highest BCUT2D eigenvalue weighted by Crippen LogP contribution is 2.48. The summed E-state index contributed by atoms with van der Waals surface area (Å²) >= 11 is -1.02. The van der Waals surface area contributed by atoms with Gasteiger partial charge >= 0.3 is 0 Å². The Balaban J connectivity index is 1.81. The SMILES string of the molecule is CC#Cc1cc(-c2cc([C@@H]3C[S+]([O-])C4(CC4)C(=N)N3)ccc2C)c(C(C)CC)cc1C#N. The van der Waals surface area contributed by atoms with Gasteiger partial charge in [0.25, 0.3) is 0 Å². The molecule has 164 valence electrons. The van der Waals surface area contributed by atoms with Gasteiger partial charge in [-0.15, -0.1) is 5.92 Å². The van der Waals surface area contributed by atoms with Crippen LogP contribution in [0.5, 0.6) is 0 Å². The molecule has 0 amide bonds. The van der Waals surface area contributed by atoms with Gasteiger partial charge in [0.15, 0.2) is 10.6 Å². The van der Waals surface area contributed by atoms with Crippen molar-refractivity contribution in [3.63, 3.8) is 0 Å². The van der Waals surface area contributed by atoms with E-state index in [-0.39, 0.29) is 6.04 Å². The lowest BCUT2D eigenvalue weighted by molar-refractivity contribution is 0.560. The van der Waals surface area contributed by atoms with Crippen LogP contribution in [-0.4, -0.2) is 20.9 Å². The maximum absolute atomic E-state index is 12.8. The maximum atomic E-state index is 12.8. The molecule has 1 spiro atoms. The lowest BCUT2D eigenvalue weighted by Gasteiger charge is -2.34. The standard InChI is InChI=1S/C27H29N3OS/c1-5-7-19-12-24(22(17(3)6-2)14-21(19)15-28)23-13-20(9-8-18(23)4)25-16-32(31)27(10-11-27)26(29)30-25/h8-9,12-14,17,25H,6,10-11,16H2,1-4H3,(H2,29,30)/t17?,25-,32?/m0/s1. The van der Waals surface area contributed by atoms with Gasteiger partial charge in [0.1, 0.15) is 11.8 Å². The summed E-state index contributed by atoms with van der Waals surface area (Å²) in [5.74, 6) is 7.28. The number of aryl methyl sites for hydroxylation is 1. The summed E-state index contributed by atoms with van der Waals surface area (Å²) in [6.45, 7) is 8.22. The third-order valence-electron chi connectivity index (χ3n) is 6.90. The van der Waals surface area contributed by atoms with Crippen molar-refractivity contribution >= 4 is 17.0 Å². The highest BCUT2D eigenvalue weighted by Gasteiger charge is 2.61. The van der Waals surface area contributed by atoms with Crippen molar-refractivity contribution in [3.05, 3.63) is 58.1 Å². The quantitative estimate of drug-likeness (QED) is 0.495. The number of benzene rings is 2. The van der Waals surface area contributed by atoms with Crippen molar-refractivity contribution in [2.24, 2.45) is 0 Å². The van der Waals surface area contributed by atoms with E-state index >= 15 is 0 Å². The van der Waals surface area contributed by atoms with Crippen LogP contribution in [0.3, 0.4) is 0 Å². The van der Waals surface area contributed by atoms with E-state index < -0.39 is 15.9 Å². The molecular weight excluding hydrogens is 414 g/mol. The van der Waals surface area contributed by atoms with Crippen LogP contribution in [0.15, 0.2) is 30.3 Å². The van der Waals surface area contributed by atoms with E-state index in [1.807, 2.05) is 6.07 Å². The summed E-state index contributed by atoms with van der Waals surface area (Å²) in [6.07, 6.45) is 2.67. The number of hydrogen-bond donors (Lipinski definition) is 2. The molecule has 4 rings (SSSR count). The van der Waals surface area contributed by atoms with E-state index in [1.54, 1.807) is 6.92 Å². The number of nitriles is 1. The van der Waals surface area contributed by atoms with E-state index in [0.717, 1.165) is 52.6 Å². The lowest BCUT2D eigenvalue weighted by atomic mass is 9.84. The van der Waals surface area contributed by atoms with Crippen molar-refractivity contribution in [2.45, 2.75) is 63.7 Å². The Hall–Kier alpha value is -2.73. The summed E-state index contributed by atoms with van der Waals surface area (Å²) in [6, 6.07) is 12.6. The summed E-state index contributed by atoms with van der Waals surface area (Å²) in [5.41, 5.74) is 6.89. The van der Waals surface area contributed by atoms with Gasteiger partial charge in [-0.2, -0.15) is 5.26 Å². The molecule has 1 aliphatic heterocycles. The Morgan fingerprint density at radius 3 is 2.59 bits per heavy atom. The second-order valence-corrected chi connectivity index (χ2v) is 10.7. The summed E-state index contributed by atoms with van der Waals surface area (Å²) in [4.78, 5) is 0. The second kappa shape index (κ2) is 8.66. The first-order valence-corrected chi connectivity index (χ1v) is 12.5. The molecule has 2 aromatic carbocycles. The Morgan fingerprint density at radius 1 is 1.25 bits per heavy atom. The highest BCUT2D eigenvalue weighted by atomic mass is 32.2. The molecule has 1 saturated heterocycles. The molecule has 1 saturated carbocycles. The van der Waals surface area contributed by atoms with Crippen LogP contribution in [0.2, 0.25) is 0 Å². The normalized spacial score (nSPS) is 21.8. The monoisotopic (exact) mass is 443 g/mol. The zero-order valence-electron chi connectivity index (χ0n) is 19.1. The van der Waals surface area contributed by atoms with Gasteiger partial charge in [-0.3, -0.25) is 5.41 Å². The molecule has 1 heterocycles. The van der Waals surface area contributed by atoms with Crippen molar-refractivity contribution in [1.82, 2.24) is 5.32 Å². The minimum atomic E-state index is -1.02. The van der Waals surface area contributed by atoms with E-state index in [0.29, 0.717) is 23.1 Å². The molecule has 2 fully saturated rings. The fourth-order valence-corrected chi connectivity index (χ4v) is 6.24. The Bertz CT molecular complexity index is 1180. The first-order valence-electron chi connectivity index (χ1n) is 11.2. The van der Waals surface area contributed by atoms with Crippen molar-refractivity contribution in [2.75, 3.05) is 5.75 Å². The highest BCUT2D eigenvalue weighted by molar-refractivity contribution is 7.94. The molecule has 5 heteroatoms. The van der Waals surface area contributed by atoms with Gasteiger partial charge in [0, 0.05) is 18.4 Å². The number of hydrogen-bond acceptors (Lipinski definition) is 3. The average Bonchev–Trinajstić information content (AvgIpc) is 3.59. The summed E-state index contributed by atoms with van der Waals surface area (Å²) < 4.78 is 12.4. The molecule has 4 nitrogen and oxygen atoms in total. The Morgan fingerprint density at radius 2 is 2.00 bits per heavy atom. The third-order valence-corrected chi connectivity index (χ3v) is 9.02. The Labute approximate surface area is 194 Å². The second-order valence-electron chi connectivity index (χ2n) is 8.93. The lowest BCUT2D eigenvalue weighted by Crippen LogP contribution is -2.51. The third kappa shape index (κ3) is 3.81. The first-order chi connectivity index (χ1) is 15.3. The van der Waals surface area contributed by atoms with E-state index in [4.69, 9.17) is 5.41 Å². The predicted octanol–water partition coefficient (Wildman–Crippen LogP) is 5.32. The number of rotatable bonds is 4. The Kier molecular flexibility index (Phi) is 6.08. The maximum Gasteiger partial charge on any atom is 0.182 e. The molecule has 2 unspecified atom stereocenters. The zero-order chi connectivity index (χ0) is 23.0. The molecule has 2 N–H and O–H groups in total. The fourth-order valence-electron chi connectivity index (χ4n) is 4.50. The van der Waals surface area contributed by atoms with Crippen LogP contribution in [0.1, 0.15) is 79.8 Å². The van der Waals surface area contributed by atoms with Gasteiger partial charge in [-0.25, -0.2) is 0 Å². The van der Waals surface area contributed by atoms with E-state index in [1.165, 1.54) is 0 Å². The largest absolute Gasteiger partial charge is 0.616 e. The molecule has 3 atom stereocenters. The van der Waals surface area contributed by atoms with Crippen molar-refractivity contribution in [1.29, 1.82) is 10.7 Å². The number of amidine groups is 1. The van der Waals surface area contributed by atoms with Crippen LogP contribution < -0.4 is 5.32 Å². The molecule has 0 radical (unpaired) electrons. The predicted molar refractivity (Wildman–Crippen MR) is 131 cm³/mol. The van der Waals surface area contributed by atoms with E-state index in [9.17, 15) is 9.81 Å². The molecule has 1 aliphatic carbocycles.